The number of aliphatic hydroxyl groups excluding tert-OH is 1. The summed E-state index contributed by atoms with van der Waals surface area (Å²) >= 11 is -0.106. The van der Waals surface area contributed by atoms with E-state index in [0.29, 0.717) is 42.8 Å². The van der Waals surface area contributed by atoms with Crippen molar-refractivity contribution in [3.63, 3.8) is 0 Å². The molecule has 1 fully saturated rings. The molecular formula is C54H54Cl2N4O4P2PdS. The average Bonchev–Trinajstić information content (AvgIpc) is 3.37. The van der Waals surface area contributed by atoms with Gasteiger partial charge in [0.05, 0.1) is 43.1 Å². The van der Waals surface area contributed by atoms with Crippen LogP contribution in [0.5, 0.6) is 0 Å². The SMILES string of the molecule is C[C@H]1COCCN1c1cc(CS(=O)(=O)CCO)nc(-c2ccc(N)cc2)n1.[Cl][Pd][Cl].c1ccc(P(c2ccccc2)c2ccccc2)cc1.c1ccc(P(c2ccccc2)c2ccccc2)cc1. The van der Waals surface area contributed by atoms with Gasteiger partial charge in [0.15, 0.2) is 15.7 Å². The second kappa shape index (κ2) is 28.0. The van der Waals surface area contributed by atoms with Crippen LogP contribution >= 0.6 is 34.9 Å². The smallest absolute Gasteiger partial charge is 0.0134 e. The summed E-state index contributed by atoms with van der Waals surface area (Å²) in [6.45, 7) is 3.46. The number of rotatable bonds is 12. The van der Waals surface area contributed by atoms with Gasteiger partial charge in [-0.15, -0.1) is 0 Å². The van der Waals surface area contributed by atoms with Crippen molar-refractivity contribution in [3.05, 3.63) is 218 Å². The molecule has 0 radical (unpaired) electrons. The number of hydrogen-bond donors (Lipinski definition) is 2. The topological polar surface area (TPSA) is 119 Å². The van der Waals surface area contributed by atoms with Gasteiger partial charge in [-0.2, -0.15) is 0 Å². The van der Waals surface area contributed by atoms with Gasteiger partial charge in [-0.1, -0.05) is 182 Å². The summed E-state index contributed by atoms with van der Waals surface area (Å²) in [5, 5.41) is 17.4. The van der Waals surface area contributed by atoms with Crippen molar-refractivity contribution in [1.82, 2.24) is 9.97 Å². The van der Waals surface area contributed by atoms with Crippen LogP contribution in [0, 0.1) is 0 Å². The zero-order valence-electron chi connectivity index (χ0n) is 37.5. The van der Waals surface area contributed by atoms with E-state index < -0.39 is 32.3 Å². The van der Waals surface area contributed by atoms with E-state index in [9.17, 15) is 8.42 Å². The first-order chi connectivity index (χ1) is 33.2. The third-order valence-corrected chi connectivity index (χ3v) is 16.9. The molecule has 0 spiro atoms. The maximum absolute atomic E-state index is 12.2. The molecule has 0 unspecified atom stereocenters. The van der Waals surface area contributed by atoms with Crippen LogP contribution in [0.4, 0.5) is 11.5 Å². The van der Waals surface area contributed by atoms with Crippen LogP contribution in [0.3, 0.4) is 0 Å². The van der Waals surface area contributed by atoms with Crippen LogP contribution in [0.1, 0.15) is 12.6 Å². The molecule has 0 amide bonds. The number of sulfone groups is 1. The quantitative estimate of drug-likeness (QED) is 0.0708. The van der Waals surface area contributed by atoms with Gasteiger partial charge in [0.2, 0.25) is 0 Å². The van der Waals surface area contributed by atoms with Crippen molar-refractivity contribution in [2.24, 2.45) is 0 Å². The third kappa shape index (κ3) is 16.1. The van der Waals surface area contributed by atoms with E-state index in [0.717, 1.165) is 5.56 Å². The summed E-state index contributed by atoms with van der Waals surface area (Å²) < 4.78 is 29.8. The largest absolute Gasteiger partial charge is 0.0622 e. The van der Waals surface area contributed by atoms with E-state index in [4.69, 9.17) is 34.6 Å². The maximum atomic E-state index is 12.2. The number of halogens is 2. The summed E-state index contributed by atoms with van der Waals surface area (Å²) in [5.74, 6) is 0.573. The summed E-state index contributed by atoms with van der Waals surface area (Å²) in [4.78, 5) is 11.2. The van der Waals surface area contributed by atoms with E-state index in [-0.39, 0.29) is 33.5 Å². The first kappa shape index (κ1) is 52.6. The molecule has 3 N–H and O–H groups in total. The number of hydrogen-bond acceptors (Lipinski definition) is 8. The zero-order chi connectivity index (χ0) is 48.0. The van der Waals surface area contributed by atoms with Crippen molar-refractivity contribution >= 4 is 88.1 Å². The fourth-order valence-corrected chi connectivity index (χ4v) is 13.0. The van der Waals surface area contributed by atoms with Gasteiger partial charge in [0, 0.05) is 23.9 Å². The molecule has 8 nitrogen and oxygen atoms in total. The van der Waals surface area contributed by atoms with Crippen LogP contribution in [0.25, 0.3) is 11.4 Å². The molecule has 354 valence electrons. The Morgan fingerprint density at radius 2 is 1.00 bits per heavy atom. The molecule has 1 aliphatic rings. The maximum Gasteiger partial charge on any atom is -0.0134 e. The van der Waals surface area contributed by atoms with Gasteiger partial charge >= 0.3 is 35.0 Å². The minimum atomic E-state index is -3.45. The minimum absolute atomic E-state index is 0.106. The molecule has 14 heteroatoms. The fourth-order valence-electron chi connectivity index (χ4n) is 7.33. The van der Waals surface area contributed by atoms with Gasteiger partial charge in [-0.3, -0.25) is 0 Å². The molecule has 0 bridgehead atoms. The predicted molar refractivity (Wildman–Crippen MR) is 286 cm³/mol. The van der Waals surface area contributed by atoms with E-state index >= 15 is 0 Å². The Kier molecular flexibility index (Phi) is 21.6. The predicted octanol–water partition coefficient (Wildman–Crippen LogP) is 9.12. The summed E-state index contributed by atoms with van der Waals surface area (Å²) in [6.07, 6.45) is 0. The van der Waals surface area contributed by atoms with Crippen molar-refractivity contribution < 1.29 is 34.2 Å². The van der Waals surface area contributed by atoms with Crippen molar-refractivity contribution in [2.75, 3.05) is 42.8 Å². The molecule has 1 atom stereocenters. The average molecular weight is 1090 g/mol. The standard InChI is InChI=1S/C18H24N4O4S.2C18H15P.2ClH.Pd/c1-13-11-26-8-6-22(13)17-10-16(12-27(24,25)9-7-23)20-18(21-17)14-2-4-15(19)5-3-14;2*1-4-10-16(11-5-1)19(17-12-6-2-7-13-17)18-14-8-3-9-15-18;;;/h2-5,10,13,23H,6-9,11-12,19H2,1H3;2*1-15H;2*1H;/q;;;;;+2/p-2/t13-;;;;;/m0...../s1. The van der Waals surface area contributed by atoms with E-state index in [1.54, 1.807) is 18.2 Å². The van der Waals surface area contributed by atoms with Crippen LogP contribution in [0.2, 0.25) is 0 Å². The van der Waals surface area contributed by atoms with Crippen molar-refractivity contribution in [2.45, 2.75) is 18.7 Å². The van der Waals surface area contributed by atoms with Gasteiger partial charge in [-0.25, -0.2) is 18.4 Å². The molecule has 0 saturated carbocycles. The van der Waals surface area contributed by atoms with Crippen LogP contribution in [0.15, 0.2) is 212 Å². The molecule has 1 aromatic heterocycles. The second-order valence-corrected chi connectivity index (χ2v) is 24.3. The Labute approximate surface area is 420 Å². The number of nitrogens with zero attached hydrogens (tertiary/aromatic N) is 3. The Balaban J connectivity index is 0.000000166. The first-order valence-corrected chi connectivity index (χ1v) is 30.3. The van der Waals surface area contributed by atoms with Gasteiger partial charge < -0.3 is 20.5 Å². The Hall–Kier alpha value is -4.81. The van der Waals surface area contributed by atoms with Crippen LogP contribution in [-0.2, 0) is 36.3 Å². The first-order valence-electron chi connectivity index (χ1n) is 21.8. The molecule has 0 aliphatic carbocycles. The molecule has 1 aliphatic heterocycles. The van der Waals surface area contributed by atoms with Crippen molar-refractivity contribution in [3.8, 4) is 11.4 Å². The number of ether oxygens (including phenoxy) is 1. The Morgan fingerprint density at radius 1 is 0.632 bits per heavy atom. The van der Waals surface area contributed by atoms with Gasteiger partial charge in [0.25, 0.3) is 0 Å². The zero-order valence-corrected chi connectivity index (χ0v) is 43.2. The minimum Gasteiger partial charge on any atom is -0.0622 e. The van der Waals surface area contributed by atoms with Crippen LogP contribution < -0.4 is 42.5 Å². The number of morpholine rings is 1. The van der Waals surface area contributed by atoms with E-state index in [2.05, 4.69) is 197 Å². The molecule has 7 aromatic carbocycles. The number of nitrogens with two attached hydrogens (primary N) is 1. The summed E-state index contributed by atoms with van der Waals surface area (Å²) in [6, 6.07) is 73.6. The molecule has 2 heterocycles. The Bertz CT molecular complexity index is 2480. The van der Waals surface area contributed by atoms with E-state index in [1.165, 1.54) is 31.8 Å². The van der Waals surface area contributed by atoms with Crippen LogP contribution in [-0.4, -0.2) is 61.7 Å². The monoisotopic (exact) mass is 1090 g/mol. The normalized spacial score (nSPS) is 13.3. The van der Waals surface area contributed by atoms with E-state index in [1.807, 2.05) is 19.1 Å². The number of aliphatic hydroxyl groups is 1. The summed E-state index contributed by atoms with van der Waals surface area (Å²) in [5.41, 5.74) is 7.54. The van der Waals surface area contributed by atoms with Gasteiger partial charge in [-0.05, 0) is 78.9 Å². The molecule has 8 aromatic rings. The van der Waals surface area contributed by atoms with Crippen molar-refractivity contribution in [1.29, 1.82) is 0 Å². The number of benzene rings is 7. The second-order valence-electron chi connectivity index (χ2n) is 15.3. The molecular weight excluding hydrogens is 1040 g/mol. The molecule has 1 saturated heterocycles. The number of nitrogen functional groups attached to an aromatic ring is 1. The third-order valence-electron chi connectivity index (χ3n) is 10.5. The fraction of sp³-hybridized carbons (Fsp3) is 0.148. The number of aromatic nitrogens is 2. The van der Waals surface area contributed by atoms with Gasteiger partial charge in [0.1, 0.15) is 5.82 Å². The molecule has 68 heavy (non-hydrogen) atoms. The molecule has 9 rings (SSSR count). The summed E-state index contributed by atoms with van der Waals surface area (Å²) in [7, 11) is 5.28. The number of anilines is 2. The Morgan fingerprint density at radius 3 is 1.34 bits per heavy atom.